The molecule has 1 N–H and O–H groups in total. The number of carbonyl (C=O) groups is 4. The van der Waals surface area contributed by atoms with Crippen molar-refractivity contribution in [2.24, 2.45) is 0 Å². The number of fused-ring (bicyclic) bond motifs is 1. The van der Waals surface area contributed by atoms with Gasteiger partial charge in [0.05, 0.1) is 24.1 Å². The number of benzene rings is 2. The van der Waals surface area contributed by atoms with Gasteiger partial charge in [-0.2, -0.15) is 8.78 Å². The van der Waals surface area contributed by atoms with Gasteiger partial charge in [0, 0.05) is 31.1 Å². The first-order valence-electron chi connectivity index (χ1n) is 11.6. The molecule has 0 radical (unpaired) electrons. The topological polar surface area (TPSA) is 92.8 Å². The lowest BCUT2D eigenvalue weighted by Gasteiger charge is -2.29. The van der Waals surface area contributed by atoms with Crippen molar-refractivity contribution in [3.8, 4) is 5.75 Å². The Labute approximate surface area is 205 Å². The molecule has 1 aliphatic heterocycles. The fourth-order valence-corrected chi connectivity index (χ4v) is 4.47. The second kappa shape index (κ2) is 9.75. The molecule has 0 spiro atoms. The molecule has 1 unspecified atom stereocenters. The van der Waals surface area contributed by atoms with Crippen LogP contribution in [0.15, 0.2) is 36.4 Å². The van der Waals surface area contributed by atoms with Crippen LogP contribution in [0, 0.1) is 5.82 Å². The number of nitrogens with one attached hydrogen (secondary N) is 1. The van der Waals surface area contributed by atoms with E-state index in [1.807, 2.05) is 0 Å². The van der Waals surface area contributed by atoms with Crippen LogP contribution in [-0.4, -0.2) is 40.4 Å². The van der Waals surface area contributed by atoms with Crippen LogP contribution >= 0.6 is 0 Å². The van der Waals surface area contributed by atoms with E-state index in [1.165, 1.54) is 17.0 Å². The van der Waals surface area contributed by atoms with Crippen molar-refractivity contribution in [1.29, 1.82) is 0 Å². The second-order valence-corrected chi connectivity index (χ2v) is 9.22. The number of nitrogens with zero attached hydrogens (tertiary/aromatic N) is 1. The Bertz CT molecular complexity index is 1240. The molecule has 1 aliphatic carbocycles. The summed E-state index contributed by atoms with van der Waals surface area (Å²) < 4.78 is 48.8. The van der Waals surface area contributed by atoms with Gasteiger partial charge in [-0.15, -0.1) is 0 Å². The zero-order valence-electron chi connectivity index (χ0n) is 19.8. The maximum absolute atomic E-state index is 15.0. The molecule has 10 heteroatoms. The molecule has 0 saturated heterocycles. The predicted molar refractivity (Wildman–Crippen MR) is 122 cm³/mol. The van der Waals surface area contributed by atoms with Gasteiger partial charge in [-0.05, 0) is 49.6 Å². The van der Waals surface area contributed by atoms with Gasteiger partial charge in [0.2, 0.25) is 0 Å². The first-order chi connectivity index (χ1) is 17.0. The van der Waals surface area contributed by atoms with Gasteiger partial charge < -0.3 is 15.0 Å². The minimum atomic E-state index is -3.99. The van der Waals surface area contributed by atoms with E-state index >= 15 is 0 Å². The van der Waals surface area contributed by atoms with E-state index in [1.54, 1.807) is 19.9 Å². The number of halogens is 3. The molecule has 2 aromatic carbocycles. The van der Waals surface area contributed by atoms with Gasteiger partial charge >= 0.3 is 5.92 Å². The molecule has 2 aliphatic rings. The van der Waals surface area contributed by atoms with Crippen LogP contribution in [0.2, 0.25) is 0 Å². The number of amides is 2. The molecular formula is C26H25F3N2O5. The Balaban J connectivity index is 1.46. The molecule has 0 aromatic heterocycles. The maximum Gasteiger partial charge on any atom is 0.353 e. The molecule has 0 bridgehead atoms. The minimum absolute atomic E-state index is 0.140. The van der Waals surface area contributed by atoms with Crippen molar-refractivity contribution >= 4 is 23.4 Å². The maximum atomic E-state index is 15.0. The lowest BCUT2D eigenvalue weighted by atomic mass is 9.92. The average Bonchev–Trinajstić information content (AvgIpc) is 3.12. The average molecular weight is 502 g/mol. The summed E-state index contributed by atoms with van der Waals surface area (Å²) >= 11 is 0. The van der Waals surface area contributed by atoms with Crippen molar-refractivity contribution in [2.45, 2.75) is 64.3 Å². The third kappa shape index (κ3) is 4.98. The molecule has 1 heterocycles. The second-order valence-electron chi connectivity index (χ2n) is 9.22. The predicted octanol–water partition coefficient (Wildman–Crippen LogP) is 3.67. The fourth-order valence-electron chi connectivity index (χ4n) is 4.47. The molecular weight excluding hydrogens is 477 g/mol. The molecule has 2 aromatic rings. The smallest absolute Gasteiger partial charge is 0.353 e. The summed E-state index contributed by atoms with van der Waals surface area (Å²) in [6.07, 6.45) is -0.183. The fraction of sp³-hybridized carbons (Fsp3) is 0.385. The van der Waals surface area contributed by atoms with Crippen LogP contribution in [0.3, 0.4) is 0 Å². The van der Waals surface area contributed by atoms with E-state index in [0.29, 0.717) is 16.7 Å². The van der Waals surface area contributed by atoms with Crippen LogP contribution < -0.4 is 10.1 Å². The van der Waals surface area contributed by atoms with Gasteiger partial charge in [0.1, 0.15) is 17.3 Å². The van der Waals surface area contributed by atoms with E-state index in [2.05, 4.69) is 5.32 Å². The summed E-state index contributed by atoms with van der Waals surface area (Å²) in [7, 11) is 0. The van der Waals surface area contributed by atoms with Gasteiger partial charge in [-0.3, -0.25) is 19.2 Å². The van der Waals surface area contributed by atoms with Gasteiger partial charge in [-0.1, -0.05) is 12.1 Å². The third-order valence-corrected chi connectivity index (χ3v) is 6.20. The lowest BCUT2D eigenvalue weighted by Crippen LogP contribution is -2.44. The highest BCUT2D eigenvalue weighted by Crippen LogP contribution is 2.36. The molecule has 1 saturated carbocycles. The van der Waals surface area contributed by atoms with Crippen molar-refractivity contribution in [1.82, 2.24) is 10.2 Å². The number of carbonyl (C=O) groups excluding carboxylic acids is 4. The lowest BCUT2D eigenvalue weighted by molar-refractivity contribution is -0.147. The highest BCUT2D eigenvalue weighted by atomic mass is 19.3. The summed E-state index contributed by atoms with van der Waals surface area (Å²) in [6, 6.07) is 6.49. The summed E-state index contributed by atoms with van der Waals surface area (Å²) in [5.41, 5.74) is 0.729. The number of hydrogen-bond acceptors (Lipinski definition) is 5. The normalized spacial score (nSPS) is 18.0. The quantitative estimate of drug-likeness (QED) is 0.584. The van der Waals surface area contributed by atoms with Crippen LogP contribution in [0.4, 0.5) is 13.2 Å². The molecule has 2 amide bonds. The Hall–Kier alpha value is -3.69. The van der Waals surface area contributed by atoms with E-state index in [-0.39, 0.29) is 49.8 Å². The minimum Gasteiger partial charge on any atom is -0.490 e. The number of hydrogen-bond donors (Lipinski definition) is 1. The Morgan fingerprint density at radius 2 is 1.92 bits per heavy atom. The monoisotopic (exact) mass is 502 g/mol. The van der Waals surface area contributed by atoms with Crippen molar-refractivity contribution in [2.75, 3.05) is 0 Å². The van der Waals surface area contributed by atoms with E-state index in [4.69, 9.17) is 4.74 Å². The molecule has 4 rings (SSSR count). The Kier molecular flexibility index (Phi) is 6.88. The van der Waals surface area contributed by atoms with E-state index in [0.717, 1.165) is 18.2 Å². The number of rotatable bonds is 7. The largest absolute Gasteiger partial charge is 0.490 e. The molecule has 1 fully saturated rings. The number of ketones is 2. The first-order valence-corrected chi connectivity index (χ1v) is 11.6. The molecule has 7 nitrogen and oxygen atoms in total. The molecule has 1 atom stereocenters. The number of alkyl halides is 2. The van der Waals surface area contributed by atoms with Crippen molar-refractivity contribution in [3.63, 3.8) is 0 Å². The third-order valence-electron chi connectivity index (χ3n) is 6.20. The molecule has 190 valence electrons. The van der Waals surface area contributed by atoms with Crippen LogP contribution in [-0.2, 0) is 33.4 Å². The van der Waals surface area contributed by atoms with Crippen molar-refractivity contribution in [3.05, 3.63) is 64.5 Å². The van der Waals surface area contributed by atoms with Gasteiger partial charge in [0.15, 0.2) is 5.78 Å². The first kappa shape index (κ1) is 25.4. The molecule has 36 heavy (non-hydrogen) atoms. The number of ether oxygens (including phenoxy) is 1. The van der Waals surface area contributed by atoms with Crippen LogP contribution in [0.1, 0.15) is 60.2 Å². The van der Waals surface area contributed by atoms with Crippen LogP contribution in [0.5, 0.6) is 5.75 Å². The Morgan fingerprint density at radius 1 is 1.17 bits per heavy atom. The van der Waals surface area contributed by atoms with Gasteiger partial charge in [-0.25, -0.2) is 4.39 Å². The standard InChI is InChI=1S/C26H25F3N2O5/c1-14(2)36-23-10-17(27)4-7-20(23)26(28,29)25(35)30-12-15-3-6-19-16(9-15)13-31(24(19)34)21-8-5-18(32)11-22(21)33/h3-4,6-7,9-10,14,21H,5,8,11-13H2,1-2H3,(H,30,35). The zero-order chi connectivity index (χ0) is 26.2. The highest BCUT2D eigenvalue weighted by Gasteiger charge is 2.44. The summed E-state index contributed by atoms with van der Waals surface area (Å²) in [5, 5.41) is 2.19. The Morgan fingerprint density at radius 3 is 2.61 bits per heavy atom. The van der Waals surface area contributed by atoms with Gasteiger partial charge in [0.25, 0.3) is 11.8 Å². The van der Waals surface area contributed by atoms with E-state index in [9.17, 15) is 32.3 Å². The zero-order valence-corrected chi connectivity index (χ0v) is 19.8. The SMILES string of the molecule is CC(C)Oc1cc(F)ccc1C(F)(F)C(=O)NCc1ccc2c(c1)CN(C1CCC(=O)CC1=O)C2=O. The summed E-state index contributed by atoms with van der Waals surface area (Å²) in [5.74, 6) is -7.51. The summed E-state index contributed by atoms with van der Waals surface area (Å²) in [6.45, 7) is 3.10. The van der Waals surface area contributed by atoms with Crippen molar-refractivity contribution < 1.29 is 37.1 Å². The summed E-state index contributed by atoms with van der Waals surface area (Å²) in [4.78, 5) is 50.5. The van der Waals surface area contributed by atoms with E-state index < -0.39 is 41.1 Å². The highest BCUT2D eigenvalue weighted by molar-refractivity contribution is 6.07. The number of Topliss-reactive ketones (excluding diaryl/α,β-unsaturated/α-hetero) is 2. The van der Waals surface area contributed by atoms with Crippen LogP contribution in [0.25, 0.3) is 0 Å².